The maximum atomic E-state index is 12.8. The number of likely N-dealkylation sites (N-methyl/N-ethyl adjacent to an activating group) is 1. The van der Waals surface area contributed by atoms with E-state index in [0.29, 0.717) is 38.8 Å². The molecule has 0 unspecified atom stereocenters. The van der Waals surface area contributed by atoms with Crippen molar-refractivity contribution in [2.45, 2.75) is 13.8 Å². The van der Waals surface area contributed by atoms with E-state index in [2.05, 4.69) is 9.98 Å². The second-order valence-electron chi connectivity index (χ2n) is 6.33. The van der Waals surface area contributed by atoms with Crippen molar-refractivity contribution in [3.63, 3.8) is 0 Å². The first-order valence-corrected chi connectivity index (χ1v) is 10.7. The summed E-state index contributed by atoms with van der Waals surface area (Å²) in [5, 5.41) is 13.9. The molecule has 0 aliphatic carbocycles. The van der Waals surface area contributed by atoms with Crippen LogP contribution < -0.4 is 0 Å². The summed E-state index contributed by atoms with van der Waals surface area (Å²) in [6.45, 7) is 4.29. The summed E-state index contributed by atoms with van der Waals surface area (Å²) >= 11 is 2.71. The average Bonchev–Trinajstić information content (AvgIpc) is 3.43. The Kier molecular flexibility index (Phi) is 5.51. The molecule has 0 bridgehead atoms. The molecular weight excluding hydrogens is 424 g/mol. The summed E-state index contributed by atoms with van der Waals surface area (Å²) < 4.78 is 5.83. The summed E-state index contributed by atoms with van der Waals surface area (Å²) in [4.78, 5) is 34.1. The highest BCUT2D eigenvalue weighted by atomic mass is 32.2. The van der Waals surface area contributed by atoms with Crippen LogP contribution in [0.2, 0.25) is 0 Å². The Hall–Kier alpha value is -3.24. The van der Waals surface area contributed by atoms with E-state index in [0.717, 1.165) is 5.69 Å². The van der Waals surface area contributed by atoms with E-state index < -0.39 is 4.92 Å². The number of amides is 1. The maximum absolute atomic E-state index is 12.8. The van der Waals surface area contributed by atoms with Crippen LogP contribution in [0.25, 0.3) is 17.4 Å². The van der Waals surface area contributed by atoms with Gasteiger partial charge in [0.2, 0.25) is 5.13 Å². The minimum absolute atomic E-state index is 0.0162. The standard InChI is InChI=1S/C20H16N4O4S2/c1-3-23-18(25)17(30-20(23)22-19-21-12(2)11-29-19)10-15-8-9-16(28-15)13-4-6-14(7-5-13)24(26)27/h4-11H,3H2,1-2H3/b17-10+,22-20+. The fourth-order valence-corrected chi connectivity index (χ4v) is 4.55. The second kappa shape index (κ2) is 8.25. The number of nitrogens with zero attached hydrogens (tertiary/aromatic N) is 4. The molecule has 1 aliphatic heterocycles. The molecule has 0 N–H and O–H groups in total. The van der Waals surface area contributed by atoms with Crippen LogP contribution in [0.4, 0.5) is 10.8 Å². The number of furan rings is 1. The minimum Gasteiger partial charge on any atom is -0.457 e. The minimum atomic E-state index is -0.448. The van der Waals surface area contributed by atoms with Crippen molar-refractivity contribution >= 4 is 51.1 Å². The molecular formula is C20H16N4O4S2. The van der Waals surface area contributed by atoms with Gasteiger partial charge in [-0.3, -0.25) is 19.8 Å². The number of carbonyl (C=O) groups excluding carboxylic acids is 1. The number of amidine groups is 1. The molecule has 0 radical (unpaired) electrons. The van der Waals surface area contributed by atoms with E-state index >= 15 is 0 Å². The molecule has 4 rings (SSSR count). The Balaban J connectivity index is 1.58. The molecule has 1 fully saturated rings. The Bertz CT molecular complexity index is 1180. The molecule has 0 saturated carbocycles. The van der Waals surface area contributed by atoms with Gasteiger partial charge in [-0.25, -0.2) is 4.98 Å². The normalized spacial score (nSPS) is 16.7. The van der Waals surface area contributed by atoms with Gasteiger partial charge in [0.1, 0.15) is 11.5 Å². The number of rotatable bonds is 5. The van der Waals surface area contributed by atoms with Gasteiger partial charge >= 0.3 is 0 Å². The molecule has 2 aromatic heterocycles. The molecule has 3 aromatic rings. The van der Waals surface area contributed by atoms with Crippen LogP contribution in [0.15, 0.2) is 56.1 Å². The number of nitro groups is 1. The number of hydrogen-bond acceptors (Lipinski definition) is 8. The van der Waals surface area contributed by atoms with Crippen LogP contribution >= 0.6 is 23.1 Å². The van der Waals surface area contributed by atoms with E-state index in [1.165, 1.54) is 35.2 Å². The highest BCUT2D eigenvalue weighted by Crippen LogP contribution is 2.35. The van der Waals surface area contributed by atoms with Crippen LogP contribution in [0, 0.1) is 17.0 Å². The monoisotopic (exact) mass is 440 g/mol. The summed E-state index contributed by atoms with van der Waals surface area (Å²) in [5.74, 6) is 0.941. The number of aliphatic imine (C=N–C) groups is 1. The molecule has 3 heterocycles. The number of non-ortho nitro benzene ring substituents is 1. The quantitative estimate of drug-likeness (QED) is 0.305. The number of aromatic nitrogens is 1. The number of hydrogen-bond donors (Lipinski definition) is 0. The van der Waals surface area contributed by atoms with E-state index in [4.69, 9.17) is 4.42 Å². The molecule has 30 heavy (non-hydrogen) atoms. The maximum Gasteiger partial charge on any atom is 0.269 e. The molecule has 0 atom stereocenters. The van der Waals surface area contributed by atoms with Crippen LogP contribution in [0.3, 0.4) is 0 Å². The fourth-order valence-electron chi connectivity index (χ4n) is 2.81. The lowest BCUT2D eigenvalue weighted by atomic mass is 10.1. The smallest absolute Gasteiger partial charge is 0.269 e. The molecule has 1 amide bonds. The van der Waals surface area contributed by atoms with Gasteiger partial charge in [0.25, 0.3) is 11.6 Å². The molecule has 10 heteroatoms. The number of aryl methyl sites for hydroxylation is 1. The third-order valence-electron chi connectivity index (χ3n) is 4.27. The van der Waals surface area contributed by atoms with Crippen molar-refractivity contribution in [3.05, 3.63) is 68.3 Å². The SMILES string of the molecule is CCN1C(=O)/C(=C\c2ccc(-c3ccc([N+](=O)[O-])cc3)o2)S/C1=N/c1nc(C)cs1. The molecule has 0 spiro atoms. The van der Waals surface area contributed by atoms with Crippen molar-refractivity contribution in [1.29, 1.82) is 0 Å². The average molecular weight is 441 g/mol. The van der Waals surface area contributed by atoms with Crippen LogP contribution in [-0.2, 0) is 4.79 Å². The van der Waals surface area contributed by atoms with Crippen LogP contribution in [0.5, 0.6) is 0 Å². The van der Waals surface area contributed by atoms with Gasteiger partial charge in [-0.05, 0) is 49.9 Å². The van der Waals surface area contributed by atoms with Crippen LogP contribution in [-0.4, -0.2) is 32.4 Å². The highest BCUT2D eigenvalue weighted by Gasteiger charge is 2.32. The summed E-state index contributed by atoms with van der Waals surface area (Å²) in [6, 6.07) is 9.63. The highest BCUT2D eigenvalue weighted by molar-refractivity contribution is 8.18. The van der Waals surface area contributed by atoms with Crippen molar-refractivity contribution in [1.82, 2.24) is 9.88 Å². The topological polar surface area (TPSA) is 102 Å². The van der Waals surface area contributed by atoms with Gasteiger partial charge < -0.3 is 4.42 Å². The van der Waals surface area contributed by atoms with E-state index in [-0.39, 0.29) is 11.6 Å². The van der Waals surface area contributed by atoms with Crippen molar-refractivity contribution < 1.29 is 14.1 Å². The van der Waals surface area contributed by atoms with Gasteiger partial charge in [0, 0.05) is 35.7 Å². The second-order valence-corrected chi connectivity index (χ2v) is 8.18. The number of thiazole rings is 1. The largest absolute Gasteiger partial charge is 0.457 e. The summed E-state index contributed by atoms with van der Waals surface area (Å²) in [6.07, 6.45) is 1.68. The lowest BCUT2D eigenvalue weighted by Gasteiger charge is -2.11. The van der Waals surface area contributed by atoms with Gasteiger partial charge in [0.05, 0.1) is 15.5 Å². The first kappa shape index (κ1) is 20.0. The Morgan fingerprint density at radius 2 is 2.03 bits per heavy atom. The third-order valence-corrected chi connectivity index (χ3v) is 6.12. The van der Waals surface area contributed by atoms with Gasteiger partial charge in [-0.2, -0.15) is 4.99 Å². The lowest BCUT2D eigenvalue weighted by Crippen LogP contribution is -2.28. The van der Waals surface area contributed by atoms with Crippen molar-refractivity contribution in [2.24, 2.45) is 4.99 Å². The van der Waals surface area contributed by atoms with Gasteiger partial charge in [-0.15, -0.1) is 11.3 Å². The molecule has 1 saturated heterocycles. The van der Waals surface area contributed by atoms with E-state index in [1.807, 2.05) is 19.2 Å². The number of benzene rings is 1. The molecule has 152 valence electrons. The first-order valence-electron chi connectivity index (χ1n) is 9.01. The number of thioether (sulfide) groups is 1. The van der Waals surface area contributed by atoms with E-state index in [1.54, 1.807) is 35.2 Å². The van der Waals surface area contributed by atoms with Gasteiger partial charge in [-0.1, -0.05) is 0 Å². The Labute approximate surface area is 180 Å². The zero-order valence-electron chi connectivity index (χ0n) is 16.1. The van der Waals surface area contributed by atoms with Gasteiger partial charge in [0.15, 0.2) is 5.17 Å². The molecule has 1 aliphatic rings. The zero-order valence-corrected chi connectivity index (χ0v) is 17.7. The Morgan fingerprint density at radius 1 is 1.27 bits per heavy atom. The van der Waals surface area contributed by atoms with E-state index in [9.17, 15) is 14.9 Å². The number of nitro benzene ring substituents is 1. The third kappa shape index (κ3) is 4.05. The predicted octanol–water partition coefficient (Wildman–Crippen LogP) is 5.24. The lowest BCUT2D eigenvalue weighted by molar-refractivity contribution is -0.384. The summed E-state index contributed by atoms with van der Waals surface area (Å²) in [5.41, 5.74) is 1.62. The Morgan fingerprint density at radius 3 is 2.67 bits per heavy atom. The molecule has 1 aromatic carbocycles. The first-order chi connectivity index (χ1) is 14.4. The molecule has 8 nitrogen and oxygen atoms in total. The van der Waals surface area contributed by atoms with Crippen LogP contribution in [0.1, 0.15) is 18.4 Å². The summed E-state index contributed by atoms with van der Waals surface area (Å²) in [7, 11) is 0. The fraction of sp³-hybridized carbons (Fsp3) is 0.150. The zero-order chi connectivity index (χ0) is 21.3. The number of carbonyl (C=O) groups is 1. The predicted molar refractivity (Wildman–Crippen MR) is 118 cm³/mol. The van der Waals surface area contributed by atoms with Crippen molar-refractivity contribution in [3.8, 4) is 11.3 Å². The van der Waals surface area contributed by atoms with Crippen molar-refractivity contribution in [2.75, 3.05) is 6.54 Å².